The Morgan fingerprint density at radius 2 is 2.00 bits per heavy atom. The largest absolute Gasteiger partial charge is 0.504 e. The molecule has 0 unspecified atom stereocenters. The number of carbonyl (C=O) groups is 1. The third-order valence-electron chi connectivity index (χ3n) is 3.33. The Hall–Kier alpha value is -4.01. The second-order valence-corrected chi connectivity index (χ2v) is 5.14. The van der Waals surface area contributed by atoms with Gasteiger partial charge in [0.05, 0.1) is 6.21 Å². The number of rotatable bonds is 4. The summed E-state index contributed by atoms with van der Waals surface area (Å²) in [6.45, 7) is 0. The van der Waals surface area contributed by atoms with Gasteiger partial charge < -0.3 is 15.2 Å². The number of pyridine rings is 1. The molecule has 0 saturated heterocycles. The SMILES string of the molecule is O=C(NN=Cc1ccc(O)c(O)c1)c1cnc(-c2ccccn2)[nH]c1=O. The van der Waals surface area contributed by atoms with Crippen LogP contribution < -0.4 is 11.0 Å². The van der Waals surface area contributed by atoms with Gasteiger partial charge in [0.2, 0.25) is 0 Å². The molecule has 0 aliphatic carbocycles. The van der Waals surface area contributed by atoms with Crippen molar-refractivity contribution < 1.29 is 15.0 Å². The van der Waals surface area contributed by atoms with Gasteiger partial charge in [-0.1, -0.05) is 6.07 Å². The van der Waals surface area contributed by atoms with Crippen LogP contribution in [-0.2, 0) is 0 Å². The van der Waals surface area contributed by atoms with E-state index in [1.165, 1.54) is 24.4 Å². The van der Waals surface area contributed by atoms with Crippen LogP contribution in [0.1, 0.15) is 15.9 Å². The zero-order valence-electron chi connectivity index (χ0n) is 13.2. The molecule has 26 heavy (non-hydrogen) atoms. The van der Waals surface area contributed by atoms with Crippen LogP contribution >= 0.6 is 0 Å². The Labute approximate surface area is 146 Å². The topological polar surface area (TPSA) is 141 Å². The fourth-order valence-corrected chi connectivity index (χ4v) is 2.04. The molecule has 0 saturated carbocycles. The lowest BCUT2D eigenvalue weighted by atomic mass is 10.2. The molecule has 0 spiro atoms. The van der Waals surface area contributed by atoms with Gasteiger partial charge in [-0.3, -0.25) is 14.6 Å². The van der Waals surface area contributed by atoms with E-state index in [0.29, 0.717) is 11.3 Å². The van der Waals surface area contributed by atoms with Crippen molar-refractivity contribution in [2.24, 2.45) is 5.10 Å². The van der Waals surface area contributed by atoms with Crippen LogP contribution in [0, 0.1) is 0 Å². The maximum absolute atomic E-state index is 12.1. The number of carbonyl (C=O) groups excluding carboxylic acids is 1. The molecule has 2 aromatic heterocycles. The monoisotopic (exact) mass is 351 g/mol. The summed E-state index contributed by atoms with van der Waals surface area (Å²) in [5, 5.41) is 22.3. The van der Waals surface area contributed by atoms with Gasteiger partial charge in [0.1, 0.15) is 11.3 Å². The molecule has 0 atom stereocenters. The molecule has 2 heterocycles. The van der Waals surface area contributed by atoms with E-state index in [2.05, 4.69) is 25.5 Å². The number of nitrogens with one attached hydrogen (secondary N) is 2. The van der Waals surface area contributed by atoms with E-state index in [0.717, 1.165) is 6.20 Å². The molecule has 1 aromatic carbocycles. The minimum Gasteiger partial charge on any atom is -0.504 e. The number of phenolic OH excluding ortho intramolecular Hbond substituents is 2. The number of phenols is 2. The van der Waals surface area contributed by atoms with Crippen molar-refractivity contribution in [3.63, 3.8) is 0 Å². The lowest BCUT2D eigenvalue weighted by molar-refractivity contribution is 0.0953. The van der Waals surface area contributed by atoms with E-state index in [9.17, 15) is 19.8 Å². The van der Waals surface area contributed by atoms with Crippen molar-refractivity contribution in [2.75, 3.05) is 0 Å². The quantitative estimate of drug-likeness (QED) is 0.314. The predicted molar refractivity (Wildman–Crippen MR) is 92.9 cm³/mol. The van der Waals surface area contributed by atoms with Crippen LogP contribution in [-0.4, -0.2) is 37.3 Å². The van der Waals surface area contributed by atoms with Gasteiger partial charge in [-0.15, -0.1) is 0 Å². The van der Waals surface area contributed by atoms with Crippen LogP contribution in [0.5, 0.6) is 11.5 Å². The number of hydrogen-bond acceptors (Lipinski definition) is 7. The molecule has 9 heteroatoms. The summed E-state index contributed by atoms with van der Waals surface area (Å²) in [4.78, 5) is 34.7. The Balaban J connectivity index is 1.73. The van der Waals surface area contributed by atoms with Crippen molar-refractivity contribution in [3.05, 3.63) is 70.3 Å². The van der Waals surface area contributed by atoms with E-state index in [1.807, 2.05) is 0 Å². The van der Waals surface area contributed by atoms with Gasteiger partial charge in [0.25, 0.3) is 11.5 Å². The van der Waals surface area contributed by atoms with Gasteiger partial charge in [0, 0.05) is 12.4 Å². The number of aromatic hydroxyl groups is 2. The van der Waals surface area contributed by atoms with Crippen LogP contribution in [0.25, 0.3) is 11.5 Å². The van der Waals surface area contributed by atoms with E-state index in [1.54, 1.807) is 24.4 Å². The average molecular weight is 351 g/mol. The average Bonchev–Trinajstić information content (AvgIpc) is 2.65. The summed E-state index contributed by atoms with van der Waals surface area (Å²) in [6.07, 6.45) is 3.95. The van der Waals surface area contributed by atoms with Crippen molar-refractivity contribution in [1.29, 1.82) is 0 Å². The van der Waals surface area contributed by atoms with E-state index in [4.69, 9.17) is 0 Å². The van der Waals surface area contributed by atoms with E-state index < -0.39 is 11.5 Å². The van der Waals surface area contributed by atoms with Crippen molar-refractivity contribution in [3.8, 4) is 23.0 Å². The molecular weight excluding hydrogens is 338 g/mol. The van der Waals surface area contributed by atoms with Gasteiger partial charge in [-0.25, -0.2) is 10.4 Å². The fraction of sp³-hybridized carbons (Fsp3) is 0. The number of hydrazone groups is 1. The second kappa shape index (κ2) is 7.26. The summed E-state index contributed by atoms with van der Waals surface area (Å²) in [5.41, 5.74) is 2.27. The third-order valence-corrected chi connectivity index (χ3v) is 3.33. The lowest BCUT2D eigenvalue weighted by Gasteiger charge is -2.02. The summed E-state index contributed by atoms with van der Waals surface area (Å²) in [6, 6.07) is 9.19. The molecule has 3 rings (SSSR count). The maximum atomic E-state index is 12.1. The number of H-pyrrole nitrogens is 1. The summed E-state index contributed by atoms with van der Waals surface area (Å²) in [7, 11) is 0. The highest BCUT2D eigenvalue weighted by atomic mass is 16.3. The van der Waals surface area contributed by atoms with Crippen molar-refractivity contribution >= 4 is 12.1 Å². The molecule has 1 amide bonds. The van der Waals surface area contributed by atoms with Crippen LogP contribution in [0.2, 0.25) is 0 Å². The number of aromatic nitrogens is 3. The number of amides is 1. The Morgan fingerprint density at radius 3 is 2.69 bits per heavy atom. The molecule has 4 N–H and O–H groups in total. The van der Waals surface area contributed by atoms with Gasteiger partial charge in [-0.2, -0.15) is 5.10 Å². The number of benzene rings is 1. The predicted octanol–water partition coefficient (Wildman–Crippen LogP) is 1.01. The fourth-order valence-electron chi connectivity index (χ4n) is 2.04. The second-order valence-electron chi connectivity index (χ2n) is 5.14. The zero-order chi connectivity index (χ0) is 18.5. The molecule has 0 aliphatic heterocycles. The Kier molecular flexibility index (Phi) is 4.70. The minimum absolute atomic E-state index is 0.213. The molecular formula is C17H13N5O4. The van der Waals surface area contributed by atoms with Crippen LogP contribution in [0.15, 0.2) is 58.7 Å². The van der Waals surface area contributed by atoms with Crippen LogP contribution in [0.3, 0.4) is 0 Å². The molecule has 9 nitrogen and oxygen atoms in total. The zero-order valence-corrected chi connectivity index (χ0v) is 13.2. The summed E-state index contributed by atoms with van der Waals surface area (Å²) < 4.78 is 0. The Bertz CT molecular complexity index is 1030. The standard InChI is InChI=1S/C17H13N5O4/c23-13-5-4-10(7-14(13)24)8-20-22-17(26)11-9-19-15(21-16(11)25)12-3-1-2-6-18-12/h1-9,23-24H,(H,22,26)(H,19,21,25). The first kappa shape index (κ1) is 16.8. The Morgan fingerprint density at radius 1 is 1.15 bits per heavy atom. The molecule has 0 bridgehead atoms. The van der Waals surface area contributed by atoms with E-state index in [-0.39, 0.29) is 22.9 Å². The van der Waals surface area contributed by atoms with Crippen molar-refractivity contribution in [1.82, 2.24) is 20.4 Å². The third kappa shape index (κ3) is 3.73. The first-order valence-corrected chi connectivity index (χ1v) is 7.40. The number of nitrogens with zero attached hydrogens (tertiary/aromatic N) is 3. The summed E-state index contributed by atoms with van der Waals surface area (Å²) >= 11 is 0. The highest BCUT2D eigenvalue weighted by Gasteiger charge is 2.12. The van der Waals surface area contributed by atoms with Gasteiger partial charge in [0.15, 0.2) is 17.3 Å². The molecule has 130 valence electrons. The van der Waals surface area contributed by atoms with Crippen LogP contribution in [0.4, 0.5) is 0 Å². The maximum Gasteiger partial charge on any atom is 0.278 e. The molecule has 0 fully saturated rings. The highest BCUT2D eigenvalue weighted by molar-refractivity contribution is 5.94. The molecule has 0 aliphatic rings. The number of hydrogen-bond donors (Lipinski definition) is 4. The smallest absolute Gasteiger partial charge is 0.278 e. The first-order chi connectivity index (χ1) is 12.5. The van der Waals surface area contributed by atoms with E-state index >= 15 is 0 Å². The van der Waals surface area contributed by atoms with Gasteiger partial charge >= 0.3 is 0 Å². The number of aromatic amines is 1. The normalized spacial score (nSPS) is 10.8. The highest BCUT2D eigenvalue weighted by Crippen LogP contribution is 2.23. The summed E-state index contributed by atoms with van der Waals surface area (Å²) in [5.74, 6) is -1.08. The molecule has 0 radical (unpaired) electrons. The van der Waals surface area contributed by atoms with Gasteiger partial charge in [-0.05, 0) is 35.9 Å². The minimum atomic E-state index is -0.745. The molecule has 3 aromatic rings. The first-order valence-electron chi connectivity index (χ1n) is 7.40. The van der Waals surface area contributed by atoms with Crippen molar-refractivity contribution in [2.45, 2.75) is 0 Å². The lowest BCUT2D eigenvalue weighted by Crippen LogP contribution is -2.27.